The van der Waals surface area contributed by atoms with E-state index in [0.29, 0.717) is 22.9 Å². The number of nitrogens with zero attached hydrogens (tertiary/aromatic N) is 2. The van der Waals surface area contributed by atoms with E-state index in [4.69, 9.17) is 23.2 Å². The molecule has 4 rings (SSSR count). The summed E-state index contributed by atoms with van der Waals surface area (Å²) >= 11 is 15.7. The first-order valence-electron chi connectivity index (χ1n) is 6.99. The highest BCUT2D eigenvalue weighted by molar-refractivity contribution is 7.10. The van der Waals surface area contributed by atoms with Crippen LogP contribution in [0.5, 0.6) is 0 Å². The quantitative estimate of drug-likeness (QED) is 0.422. The first kappa shape index (κ1) is 14.6. The molecule has 0 N–H and O–H groups in total. The lowest BCUT2D eigenvalue weighted by molar-refractivity contribution is 0.287. The number of halogens is 2. The zero-order valence-corrected chi connectivity index (χ0v) is 14.6. The van der Waals surface area contributed by atoms with Gasteiger partial charge in [0.1, 0.15) is 5.15 Å². The van der Waals surface area contributed by atoms with Crippen LogP contribution in [0.2, 0.25) is 10.4 Å². The van der Waals surface area contributed by atoms with Gasteiger partial charge in [0.15, 0.2) is 0 Å². The van der Waals surface area contributed by atoms with Crippen LogP contribution in [-0.2, 0) is 0 Å². The molecule has 3 aromatic rings. The zero-order chi connectivity index (χ0) is 15.1. The second-order valence-electron chi connectivity index (χ2n) is 5.39. The molecule has 3 heterocycles. The molecule has 0 saturated heterocycles. The average Bonchev–Trinajstić information content (AvgIpc) is 3.09. The summed E-state index contributed by atoms with van der Waals surface area (Å²) < 4.78 is 0. The average molecular weight is 367 g/mol. The molecule has 22 heavy (non-hydrogen) atoms. The van der Waals surface area contributed by atoms with E-state index in [-0.39, 0.29) is 5.28 Å². The van der Waals surface area contributed by atoms with Crippen LogP contribution in [0.15, 0.2) is 41.1 Å². The van der Waals surface area contributed by atoms with Gasteiger partial charge in [-0.15, -0.1) is 22.7 Å². The van der Waals surface area contributed by atoms with E-state index < -0.39 is 0 Å². The molecule has 6 heteroatoms. The molecule has 3 atom stereocenters. The van der Waals surface area contributed by atoms with E-state index in [1.54, 1.807) is 22.7 Å². The second kappa shape index (κ2) is 5.93. The van der Waals surface area contributed by atoms with E-state index in [0.717, 1.165) is 12.1 Å². The molecule has 0 radical (unpaired) electrons. The molecule has 0 aliphatic heterocycles. The Kier molecular flexibility index (Phi) is 3.95. The monoisotopic (exact) mass is 366 g/mol. The fourth-order valence-corrected chi connectivity index (χ4v) is 5.43. The van der Waals surface area contributed by atoms with Crippen LogP contribution < -0.4 is 0 Å². The summed E-state index contributed by atoms with van der Waals surface area (Å²) in [7, 11) is 0. The molecule has 1 saturated carbocycles. The van der Waals surface area contributed by atoms with Gasteiger partial charge in [-0.3, -0.25) is 0 Å². The molecule has 112 valence electrons. The fraction of sp³-hybridized carbons (Fsp3) is 0.250. The molecular formula is C16H12Cl2N2S2. The lowest BCUT2D eigenvalue weighted by Gasteiger charge is -2.43. The smallest absolute Gasteiger partial charge is 0.223 e. The maximum atomic E-state index is 6.09. The molecular weight excluding hydrogens is 355 g/mol. The SMILES string of the molecule is Clc1cc(C2C(c3cccs3)C[C@H]2c2cccs2)nc(Cl)n1. The number of rotatable bonds is 3. The fourth-order valence-electron chi connectivity index (χ4n) is 3.23. The predicted molar refractivity (Wildman–Crippen MR) is 93.5 cm³/mol. The van der Waals surface area contributed by atoms with Crippen molar-refractivity contribution in [3.05, 3.63) is 67.0 Å². The summed E-state index contributed by atoms with van der Waals surface area (Å²) in [5, 5.41) is 4.90. The normalized spacial score (nSPS) is 24.2. The largest absolute Gasteiger partial charge is 0.224 e. The van der Waals surface area contributed by atoms with Crippen molar-refractivity contribution in [1.82, 2.24) is 9.97 Å². The summed E-state index contributed by atoms with van der Waals surface area (Å²) in [4.78, 5) is 11.2. The third kappa shape index (κ3) is 2.58. The third-order valence-corrected chi connectivity index (χ3v) is 6.59. The van der Waals surface area contributed by atoms with Crippen molar-refractivity contribution < 1.29 is 0 Å². The summed E-state index contributed by atoms with van der Waals surface area (Å²) in [6, 6.07) is 10.5. The molecule has 3 aromatic heterocycles. The predicted octanol–water partition coefficient (Wildman–Crippen LogP) is 5.96. The minimum Gasteiger partial charge on any atom is -0.223 e. The molecule has 1 aliphatic rings. The first-order valence-corrected chi connectivity index (χ1v) is 9.50. The summed E-state index contributed by atoms with van der Waals surface area (Å²) in [5.41, 5.74) is 0.952. The van der Waals surface area contributed by atoms with E-state index >= 15 is 0 Å². The highest BCUT2D eigenvalue weighted by Gasteiger charge is 2.45. The van der Waals surface area contributed by atoms with Gasteiger partial charge in [-0.25, -0.2) is 9.97 Å². The zero-order valence-electron chi connectivity index (χ0n) is 11.4. The van der Waals surface area contributed by atoms with Gasteiger partial charge in [-0.2, -0.15) is 0 Å². The Hall–Kier alpha value is -0.940. The number of thiophene rings is 2. The van der Waals surface area contributed by atoms with Crippen molar-refractivity contribution in [3.63, 3.8) is 0 Å². The number of aromatic nitrogens is 2. The van der Waals surface area contributed by atoms with Gasteiger partial charge in [0.05, 0.1) is 5.69 Å². The Morgan fingerprint density at radius 2 is 1.59 bits per heavy atom. The maximum Gasteiger partial charge on any atom is 0.224 e. The molecule has 0 bridgehead atoms. The lowest BCUT2D eigenvalue weighted by Crippen LogP contribution is -2.31. The van der Waals surface area contributed by atoms with Gasteiger partial charge in [0.2, 0.25) is 5.28 Å². The van der Waals surface area contributed by atoms with Crippen LogP contribution in [0.25, 0.3) is 0 Å². The second-order valence-corrected chi connectivity index (χ2v) is 8.07. The molecule has 1 aliphatic carbocycles. The molecule has 0 amide bonds. The molecule has 1 fully saturated rings. The van der Waals surface area contributed by atoms with E-state index in [1.165, 1.54) is 9.75 Å². The molecule has 2 unspecified atom stereocenters. The van der Waals surface area contributed by atoms with Gasteiger partial charge >= 0.3 is 0 Å². The van der Waals surface area contributed by atoms with Gasteiger partial charge in [0, 0.05) is 27.5 Å². The van der Waals surface area contributed by atoms with Crippen LogP contribution in [0.4, 0.5) is 0 Å². The number of hydrogen-bond acceptors (Lipinski definition) is 4. The van der Waals surface area contributed by atoms with Crippen LogP contribution >= 0.6 is 45.9 Å². The van der Waals surface area contributed by atoms with Gasteiger partial charge < -0.3 is 0 Å². The van der Waals surface area contributed by atoms with Crippen LogP contribution in [0.1, 0.15) is 39.6 Å². The van der Waals surface area contributed by atoms with E-state index in [2.05, 4.69) is 45.0 Å². The van der Waals surface area contributed by atoms with Crippen LogP contribution in [0, 0.1) is 0 Å². The Bertz CT molecular complexity index is 711. The van der Waals surface area contributed by atoms with Crippen molar-refractivity contribution in [1.29, 1.82) is 0 Å². The number of hydrogen-bond donors (Lipinski definition) is 0. The Balaban J connectivity index is 1.74. The minimum absolute atomic E-state index is 0.226. The van der Waals surface area contributed by atoms with E-state index in [1.807, 2.05) is 6.07 Å². The summed E-state index contributed by atoms with van der Waals surface area (Å²) in [5.74, 6) is 1.28. The van der Waals surface area contributed by atoms with Crippen molar-refractivity contribution in [2.75, 3.05) is 0 Å². The Labute approximate surface area is 146 Å². The standard InChI is InChI=1S/C16H12Cl2N2S2/c17-14-8-11(19-16(18)20-14)15-9(12-3-1-5-21-12)7-10(15)13-4-2-6-22-13/h1-6,8-10,15H,7H2/t9-,10?,15?/m0/s1. The minimum atomic E-state index is 0.226. The Morgan fingerprint density at radius 3 is 2.09 bits per heavy atom. The van der Waals surface area contributed by atoms with Crippen LogP contribution in [-0.4, -0.2) is 9.97 Å². The van der Waals surface area contributed by atoms with Crippen LogP contribution in [0.3, 0.4) is 0 Å². The van der Waals surface area contributed by atoms with Crippen molar-refractivity contribution >= 4 is 45.9 Å². The van der Waals surface area contributed by atoms with E-state index in [9.17, 15) is 0 Å². The Morgan fingerprint density at radius 1 is 0.955 bits per heavy atom. The summed E-state index contributed by atoms with van der Waals surface area (Å²) in [6.07, 6.45) is 1.14. The van der Waals surface area contributed by atoms with Gasteiger partial charge in [-0.05, 0) is 47.0 Å². The van der Waals surface area contributed by atoms with Crippen molar-refractivity contribution in [2.24, 2.45) is 0 Å². The first-order chi connectivity index (χ1) is 10.7. The molecule has 0 aromatic carbocycles. The highest BCUT2D eigenvalue weighted by Crippen LogP contribution is 2.59. The topological polar surface area (TPSA) is 25.8 Å². The lowest BCUT2D eigenvalue weighted by atomic mass is 9.62. The molecule has 0 spiro atoms. The van der Waals surface area contributed by atoms with Crippen molar-refractivity contribution in [3.8, 4) is 0 Å². The maximum absolute atomic E-state index is 6.09. The summed E-state index contributed by atoms with van der Waals surface area (Å²) in [6.45, 7) is 0. The third-order valence-electron chi connectivity index (χ3n) is 4.22. The van der Waals surface area contributed by atoms with Crippen molar-refractivity contribution in [2.45, 2.75) is 24.2 Å². The van der Waals surface area contributed by atoms with Gasteiger partial charge in [0.25, 0.3) is 0 Å². The highest BCUT2D eigenvalue weighted by atomic mass is 35.5. The molecule has 2 nitrogen and oxygen atoms in total. The van der Waals surface area contributed by atoms with Gasteiger partial charge in [-0.1, -0.05) is 23.7 Å².